The van der Waals surface area contributed by atoms with Gasteiger partial charge in [-0.1, -0.05) is 23.2 Å². The van der Waals surface area contributed by atoms with Crippen molar-refractivity contribution in [2.24, 2.45) is 5.73 Å². The van der Waals surface area contributed by atoms with Crippen molar-refractivity contribution in [2.75, 3.05) is 0 Å². The Morgan fingerprint density at radius 2 is 1.45 bits per heavy atom. The average molecular weight is 320 g/mol. The van der Waals surface area contributed by atoms with E-state index in [9.17, 15) is 13.2 Å². The molecule has 0 aromatic heterocycles. The van der Waals surface area contributed by atoms with Crippen molar-refractivity contribution in [3.8, 4) is 0 Å². The second-order valence-electron chi connectivity index (χ2n) is 4.39. The van der Waals surface area contributed by atoms with Gasteiger partial charge in [-0.2, -0.15) is 0 Å². The molecule has 2 N–H and O–H groups in total. The molecule has 1 unspecified atom stereocenters. The molecule has 2 aromatic rings. The maximum absolute atomic E-state index is 13.8. The summed E-state index contributed by atoms with van der Waals surface area (Å²) in [7, 11) is 0. The summed E-state index contributed by atoms with van der Waals surface area (Å²) in [6, 6.07) is 3.24. The van der Waals surface area contributed by atoms with Gasteiger partial charge < -0.3 is 5.73 Å². The van der Waals surface area contributed by atoms with Crippen LogP contribution in [0.1, 0.15) is 22.7 Å². The summed E-state index contributed by atoms with van der Waals surface area (Å²) < 4.78 is 40.6. The quantitative estimate of drug-likeness (QED) is 0.793. The Kier molecular flexibility index (Phi) is 4.28. The summed E-state index contributed by atoms with van der Waals surface area (Å²) in [5.41, 5.74) is 6.43. The van der Waals surface area contributed by atoms with E-state index in [0.717, 1.165) is 18.2 Å². The van der Waals surface area contributed by atoms with Crippen molar-refractivity contribution in [1.29, 1.82) is 0 Å². The molecule has 20 heavy (non-hydrogen) atoms. The fourth-order valence-corrected chi connectivity index (χ4v) is 2.28. The summed E-state index contributed by atoms with van der Waals surface area (Å²) in [4.78, 5) is 0. The first-order valence-electron chi connectivity index (χ1n) is 5.66. The molecule has 1 atom stereocenters. The van der Waals surface area contributed by atoms with Crippen LogP contribution in [0.3, 0.4) is 0 Å². The van der Waals surface area contributed by atoms with Gasteiger partial charge in [-0.05, 0) is 42.3 Å². The van der Waals surface area contributed by atoms with E-state index in [4.69, 9.17) is 28.9 Å². The second-order valence-corrected chi connectivity index (χ2v) is 5.20. The summed E-state index contributed by atoms with van der Waals surface area (Å²) >= 11 is 11.4. The molecule has 1 nitrogen and oxygen atoms in total. The number of benzene rings is 2. The minimum absolute atomic E-state index is 0.0513. The Balaban J connectivity index is 2.54. The highest BCUT2D eigenvalue weighted by molar-refractivity contribution is 6.31. The Morgan fingerprint density at radius 3 is 2.10 bits per heavy atom. The summed E-state index contributed by atoms with van der Waals surface area (Å²) in [5.74, 6) is -2.02. The van der Waals surface area contributed by atoms with E-state index in [1.165, 1.54) is 13.0 Å². The van der Waals surface area contributed by atoms with Crippen molar-refractivity contribution in [1.82, 2.24) is 0 Å². The van der Waals surface area contributed by atoms with Crippen LogP contribution >= 0.6 is 23.2 Å². The Labute approximate surface area is 124 Å². The minimum Gasteiger partial charge on any atom is -0.320 e. The third kappa shape index (κ3) is 2.77. The fourth-order valence-electron chi connectivity index (χ4n) is 1.86. The molecular weight excluding hydrogens is 310 g/mol. The average Bonchev–Trinajstić information content (AvgIpc) is 2.37. The largest absolute Gasteiger partial charge is 0.320 e. The first-order valence-corrected chi connectivity index (χ1v) is 6.42. The Morgan fingerprint density at radius 1 is 0.850 bits per heavy atom. The SMILES string of the molecule is Cc1cc(C(N)c2cc(F)c(Cl)cc2F)c(Cl)cc1F. The number of hydrogen-bond donors (Lipinski definition) is 1. The van der Waals surface area contributed by atoms with Gasteiger partial charge in [-0.25, -0.2) is 13.2 Å². The summed E-state index contributed by atoms with van der Waals surface area (Å²) in [5, 5.41) is -0.282. The molecule has 106 valence electrons. The van der Waals surface area contributed by atoms with E-state index in [1.54, 1.807) is 0 Å². The number of aryl methyl sites for hydroxylation is 1. The maximum Gasteiger partial charge on any atom is 0.142 e. The highest BCUT2D eigenvalue weighted by Gasteiger charge is 2.20. The lowest BCUT2D eigenvalue weighted by Gasteiger charge is -2.16. The predicted molar refractivity (Wildman–Crippen MR) is 73.5 cm³/mol. The molecule has 0 aliphatic rings. The van der Waals surface area contributed by atoms with Gasteiger partial charge in [0.05, 0.1) is 11.1 Å². The molecule has 0 aliphatic heterocycles. The maximum atomic E-state index is 13.8. The first-order chi connectivity index (χ1) is 9.31. The Bertz CT molecular complexity index is 616. The van der Waals surface area contributed by atoms with E-state index < -0.39 is 23.5 Å². The lowest BCUT2D eigenvalue weighted by Crippen LogP contribution is -2.15. The summed E-state index contributed by atoms with van der Waals surface area (Å²) in [6.45, 7) is 1.53. The highest BCUT2D eigenvalue weighted by atomic mass is 35.5. The molecule has 0 saturated heterocycles. The van der Waals surface area contributed by atoms with E-state index in [1.807, 2.05) is 0 Å². The smallest absolute Gasteiger partial charge is 0.142 e. The number of halogens is 5. The molecule has 0 heterocycles. The third-order valence-corrected chi connectivity index (χ3v) is 3.60. The van der Waals surface area contributed by atoms with Gasteiger partial charge >= 0.3 is 0 Å². The Hall–Kier alpha value is -1.23. The lowest BCUT2D eigenvalue weighted by molar-refractivity contribution is 0.576. The van der Waals surface area contributed by atoms with E-state index in [2.05, 4.69) is 0 Å². The number of hydrogen-bond acceptors (Lipinski definition) is 1. The van der Waals surface area contributed by atoms with Gasteiger partial charge in [0.2, 0.25) is 0 Å². The highest BCUT2D eigenvalue weighted by Crippen LogP contribution is 2.31. The zero-order valence-corrected chi connectivity index (χ0v) is 11.9. The van der Waals surface area contributed by atoms with Gasteiger partial charge in [-0.15, -0.1) is 0 Å². The minimum atomic E-state index is -1.02. The van der Waals surface area contributed by atoms with Crippen molar-refractivity contribution in [3.63, 3.8) is 0 Å². The molecule has 0 aliphatic carbocycles. The molecule has 2 aromatic carbocycles. The van der Waals surface area contributed by atoms with Crippen LogP contribution in [0, 0.1) is 24.4 Å². The van der Waals surface area contributed by atoms with Crippen LogP contribution < -0.4 is 5.73 Å². The predicted octanol–water partition coefficient (Wildman–Crippen LogP) is 4.77. The normalized spacial score (nSPS) is 12.6. The monoisotopic (exact) mass is 319 g/mol. The van der Waals surface area contributed by atoms with E-state index >= 15 is 0 Å². The van der Waals surface area contributed by atoms with E-state index in [-0.39, 0.29) is 15.6 Å². The van der Waals surface area contributed by atoms with Crippen molar-refractivity contribution >= 4 is 23.2 Å². The van der Waals surface area contributed by atoms with Crippen LogP contribution in [-0.2, 0) is 0 Å². The molecule has 0 fully saturated rings. The fraction of sp³-hybridized carbons (Fsp3) is 0.143. The first kappa shape index (κ1) is 15.2. The van der Waals surface area contributed by atoms with Gasteiger partial charge in [-0.3, -0.25) is 0 Å². The zero-order chi connectivity index (χ0) is 15.0. The van der Waals surface area contributed by atoms with Gasteiger partial charge in [0.15, 0.2) is 0 Å². The topological polar surface area (TPSA) is 26.0 Å². The molecule has 0 radical (unpaired) electrons. The standard InChI is InChI=1S/C14H10Cl2F3N/c1-6-2-7(9(15)4-11(6)17)14(20)8-3-13(19)10(16)5-12(8)18/h2-5,14H,20H2,1H3. The summed E-state index contributed by atoms with van der Waals surface area (Å²) in [6.07, 6.45) is 0. The van der Waals surface area contributed by atoms with Gasteiger partial charge in [0, 0.05) is 10.6 Å². The van der Waals surface area contributed by atoms with Crippen molar-refractivity contribution in [3.05, 3.63) is 68.5 Å². The number of rotatable bonds is 2. The second kappa shape index (κ2) is 5.64. The van der Waals surface area contributed by atoms with Crippen LogP contribution in [0.2, 0.25) is 10.0 Å². The van der Waals surface area contributed by atoms with Crippen molar-refractivity contribution in [2.45, 2.75) is 13.0 Å². The van der Waals surface area contributed by atoms with Crippen LogP contribution in [0.15, 0.2) is 24.3 Å². The van der Waals surface area contributed by atoms with Gasteiger partial charge in [0.1, 0.15) is 17.5 Å². The molecule has 6 heteroatoms. The molecule has 2 rings (SSSR count). The van der Waals surface area contributed by atoms with Gasteiger partial charge in [0.25, 0.3) is 0 Å². The molecular formula is C14H10Cl2F3N. The molecule has 0 amide bonds. The number of nitrogens with two attached hydrogens (primary N) is 1. The van der Waals surface area contributed by atoms with Crippen LogP contribution in [0.4, 0.5) is 13.2 Å². The molecule has 0 saturated carbocycles. The third-order valence-electron chi connectivity index (χ3n) is 2.99. The van der Waals surface area contributed by atoms with Crippen molar-refractivity contribution < 1.29 is 13.2 Å². The van der Waals surface area contributed by atoms with Crippen LogP contribution in [-0.4, -0.2) is 0 Å². The lowest BCUT2D eigenvalue weighted by atomic mass is 9.97. The molecule has 0 bridgehead atoms. The van der Waals surface area contributed by atoms with E-state index in [0.29, 0.717) is 11.1 Å². The van der Waals surface area contributed by atoms with Crippen LogP contribution in [0.25, 0.3) is 0 Å². The molecule has 0 spiro atoms. The zero-order valence-electron chi connectivity index (χ0n) is 10.4. The van der Waals surface area contributed by atoms with Crippen LogP contribution in [0.5, 0.6) is 0 Å².